The van der Waals surface area contributed by atoms with Crippen molar-refractivity contribution < 1.29 is 4.52 Å². The van der Waals surface area contributed by atoms with Crippen LogP contribution in [0.3, 0.4) is 0 Å². The van der Waals surface area contributed by atoms with Gasteiger partial charge in [0.05, 0.1) is 11.1 Å². The molecule has 0 bridgehead atoms. The lowest BCUT2D eigenvalue weighted by Gasteiger charge is -2.04. The number of aryl methyl sites for hydroxylation is 1. The van der Waals surface area contributed by atoms with Crippen LogP contribution in [0.25, 0.3) is 10.8 Å². The van der Waals surface area contributed by atoms with Gasteiger partial charge in [-0.3, -0.25) is 0 Å². The van der Waals surface area contributed by atoms with E-state index in [1.165, 1.54) is 0 Å². The first-order valence-corrected chi connectivity index (χ1v) is 6.17. The normalized spacial score (nSPS) is 10.8. The zero-order chi connectivity index (χ0) is 13.2. The van der Waals surface area contributed by atoms with Crippen LogP contribution in [-0.2, 0) is 6.42 Å². The van der Waals surface area contributed by atoms with E-state index in [0.717, 1.165) is 22.2 Å². The van der Waals surface area contributed by atoms with Gasteiger partial charge in [-0.25, -0.2) is 4.79 Å². The maximum absolute atomic E-state index is 11.7. The summed E-state index contributed by atoms with van der Waals surface area (Å²) in [7, 11) is 0. The van der Waals surface area contributed by atoms with Gasteiger partial charge in [0.1, 0.15) is 0 Å². The molecule has 0 fully saturated rings. The summed E-state index contributed by atoms with van der Waals surface area (Å²) in [5.41, 5.74) is 2.66. The van der Waals surface area contributed by atoms with E-state index in [2.05, 4.69) is 5.16 Å². The highest BCUT2D eigenvalue weighted by Gasteiger charge is 2.09. The van der Waals surface area contributed by atoms with Gasteiger partial charge in [0.2, 0.25) is 0 Å². The van der Waals surface area contributed by atoms with E-state index in [-0.39, 0.29) is 5.63 Å². The van der Waals surface area contributed by atoms with Gasteiger partial charge in [0, 0.05) is 11.8 Å². The molecule has 0 amide bonds. The lowest BCUT2D eigenvalue weighted by atomic mass is 10.0. The van der Waals surface area contributed by atoms with Crippen molar-refractivity contribution in [2.75, 3.05) is 0 Å². The lowest BCUT2D eigenvalue weighted by Crippen LogP contribution is -2.05. The fourth-order valence-corrected chi connectivity index (χ4v) is 2.19. The lowest BCUT2D eigenvalue weighted by molar-refractivity contribution is 0.368. The molecule has 1 heterocycles. The van der Waals surface area contributed by atoms with Gasteiger partial charge in [-0.15, -0.1) is 0 Å². The minimum Gasteiger partial charge on any atom is -0.312 e. The Kier molecular flexibility index (Phi) is 2.88. The predicted molar refractivity (Wildman–Crippen MR) is 74.3 cm³/mol. The molecule has 0 aliphatic carbocycles. The van der Waals surface area contributed by atoms with Gasteiger partial charge in [-0.2, -0.15) is 0 Å². The number of rotatable bonds is 2. The Bertz CT molecular complexity index is 776. The van der Waals surface area contributed by atoms with E-state index in [1.807, 2.05) is 49.4 Å². The maximum atomic E-state index is 11.7. The van der Waals surface area contributed by atoms with Crippen LogP contribution in [0.2, 0.25) is 0 Å². The molecular formula is C16H13NO2. The number of nitrogens with zero attached hydrogens (tertiary/aromatic N) is 1. The summed E-state index contributed by atoms with van der Waals surface area (Å²) in [5, 5.41) is 5.42. The van der Waals surface area contributed by atoms with Crippen LogP contribution < -0.4 is 5.63 Å². The van der Waals surface area contributed by atoms with Gasteiger partial charge in [-0.1, -0.05) is 47.1 Å². The highest BCUT2D eigenvalue weighted by Crippen LogP contribution is 2.18. The average molecular weight is 251 g/mol. The van der Waals surface area contributed by atoms with Crippen molar-refractivity contribution in [1.82, 2.24) is 5.16 Å². The van der Waals surface area contributed by atoms with Gasteiger partial charge in [0.15, 0.2) is 0 Å². The summed E-state index contributed by atoms with van der Waals surface area (Å²) in [6, 6.07) is 15.7. The van der Waals surface area contributed by atoms with E-state index < -0.39 is 0 Å². The summed E-state index contributed by atoms with van der Waals surface area (Å²) < 4.78 is 4.88. The van der Waals surface area contributed by atoms with E-state index in [9.17, 15) is 4.79 Å². The smallest absolute Gasteiger partial charge is 0.312 e. The van der Waals surface area contributed by atoms with Crippen LogP contribution in [0.1, 0.15) is 16.8 Å². The molecule has 0 saturated heterocycles. The van der Waals surface area contributed by atoms with Crippen molar-refractivity contribution in [3.05, 3.63) is 75.8 Å². The predicted octanol–water partition coefficient (Wildman–Crippen LogP) is 3.09. The SMILES string of the molecule is Cc1ccc2c(=O)onc(Cc3ccccc3)c2c1. The molecule has 2 aromatic carbocycles. The summed E-state index contributed by atoms with van der Waals surface area (Å²) in [6.45, 7) is 2.00. The summed E-state index contributed by atoms with van der Waals surface area (Å²) in [5.74, 6) is 0. The second-order valence-electron chi connectivity index (χ2n) is 4.63. The molecule has 19 heavy (non-hydrogen) atoms. The van der Waals surface area contributed by atoms with E-state index in [1.54, 1.807) is 6.07 Å². The standard InChI is InChI=1S/C16H13NO2/c1-11-7-8-13-14(9-11)15(17-19-16(13)18)10-12-5-3-2-4-6-12/h2-9H,10H2,1H3. The van der Waals surface area contributed by atoms with Crippen LogP contribution in [0.4, 0.5) is 0 Å². The number of benzene rings is 2. The quantitative estimate of drug-likeness (QED) is 0.703. The summed E-state index contributed by atoms with van der Waals surface area (Å²) in [6.07, 6.45) is 0.657. The third kappa shape index (κ3) is 2.27. The third-order valence-electron chi connectivity index (χ3n) is 3.16. The first kappa shape index (κ1) is 11.7. The zero-order valence-electron chi connectivity index (χ0n) is 10.6. The number of hydrogen-bond acceptors (Lipinski definition) is 3. The van der Waals surface area contributed by atoms with Crippen molar-refractivity contribution in [1.29, 1.82) is 0 Å². The molecule has 0 unspecified atom stereocenters. The Balaban J connectivity index is 2.16. The highest BCUT2D eigenvalue weighted by molar-refractivity contribution is 5.84. The summed E-state index contributed by atoms with van der Waals surface area (Å²) in [4.78, 5) is 11.7. The molecule has 0 aliphatic heterocycles. The van der Waals surface area contributed by atoms with E-state index in [4.69, 9.17) is 4.52 Å². The van der Waals surface area contributed by atoms with Gasteiger partial charge < -0.3 is 4.52 Å². The molecule has 94 valence electrons. The fraction of sp³-hybridized carbons (Fsp3) is 0.125. The van der Waals surface area contributed by atoms with Crippen LogP contribution in [0.15, 0.2) is 57.8 Å². The molecule has 0 N–H and O–H groups in total. The van der Waals surface area contributed by atoms with E-state index >= 15 is 0 Å². The Morgan fingerprint density at radius 1 is 1.05 bits per heavy atom. The van der Waals surface area contributed by atoms with E-state index in [0.29, 0.717) is 11.8 Å². The van der Waals surface area contributed by atoms with Crippen molar-refractivity contribution in [2.24, 2.45) is 0 Å². The second-order valence-corrected chi connectivity index (χ2v) is 4.63. The first-order chi connectivity index (χ1) is 9.24. The first-order valence-electron chi connectivity index (χ1n) is 6.17. The Labute approximate surface area is 110 Å². The van der Waals surface area contributed by atoms with Crippen molar-refractivity contribution in [3.8, 4) is 0 Å². The molecule has 1 aromatic heterocycles. The second kappa shape index (κ2) is 4.69. The number of fused-ring (bicyclic) bond motifs is 1. The van der Waals surface area contributed by atoms with Crippen LogP contribution in [0, 0.1) is 6.92 Å². The Morgan fingerprint density at radius 3 is 2.63 bits per heavy atom. The van der Waals surface area contributed by atoms with Crippen molar-refractivity contribution in [2.45, 2.75) is 13.3 Å². The minimum absolute atomic E-state index is 0.383. The molecule has 0 spiro atoms. The number of aromatic nitrogens is 1. The Morgan fingerprint density at radius 2 is 1.84 bits per heavy atom. The van der Waals surface area contributed by atoms with Crippen LogP contribution in [-0.4, -0.2) is 5.16 Å². The highest BCUT2D eigenvalue weighted by atomic mass is 16.5. The van der Waals surface area contributed by atoms with Gasteiger partial charge in [0.25, 0.3) is 0 Å². The molecule has 0 aliphatic rings. The molecule has 0 saturated carbocycles. The molecule has 3 aromatic rings. The van der Waals surface area contributed by atoms with Crippen molar-refractivity contribution in [3.63, 3.8) is 0 Å². The molecule has 0 radical (unpaired) electrons. The monoisotopic (exact) mass is 251 g/mol. The Hall–Kier alpha value is -2.42. The third-order valence-corrected chi connectivity index (χ3v) is 3.16. The van der Waals surface area contributed by atoms with Gasteiger partial charge in [-0.05, 0) is 24.6 Å². The molecule has 3 nitrogen and oxygen atoms in total. The topological polar surface area (TPSA) is 43.1 Å². The van der Waals surface area contributed by atoms with Crippen molar-refractivity contribution >= 4 is 10.8 Å². The maximum Gasteiger partial charge on any atom is 0.366 e. The fourth-order valence-electron chi connectivity index (χ4n) is 2.19. The minimum atomic E-state index is -0.383. The number of hydrogen-bond donors (Lipinski definition) is 0. The molecule has 3 heteroatoms. The molecule has 3 rings (SSSR count). The molecular weight excluding hydrogens is 238 g/mol. The largest absolute Gasteiger partial charge is 0.366 e. The van der Waals surface area contributed by atoms with Crippen LogP contribution >= 0.6 is 0 Å². The van der Waals surface area contributed by atoms with Gasteiger partial charge >= 0.3 is 5.63 Å². The molecule has 0 atom stereocenters. The zero-order valence-corrected chi connectivity index (χ0v) is 10.6. The van der Waals surface area contributed by atoms with Crippen LogP contribution in [0.5, 0.6) is 0 Å². The summed E-state index contributed by atoms with van der Waals surface area (Å²) >= 11 is 0. The average Bonchev–Trinajstić information content (AvgIpc) is 2.43.